The SMILES string of the molecule is CCCCCCCCCCCC(=O)OCC(CCCCCC)CCCCCCCC.CCCCCCCCCCCCOS(=O)(=O)O. The summed E-state index contributed by atoms with van der Waals surface area (Å²) < 4.78 is 38.7. The van der Waals surface area contributed by atoms with E-state index in [0.717, 1.165) is 19.3 Å². The molecule has 0 fully saturated rings. The van der Waals surface area contributed by atoms with E-state index < -0.39 is 10.4 Å². The van der Waals surface area contributed by atoms with Crippen LogP contribution in [0.15, 0.2) is 0 Å². The summed E-state index contributed by atoms with van der Waals surface area (Å²) in [5.41, 5.74) is 0. The average molecular weight is 691 g/mol. The Morgan fingerprint density at radius 3 is 1.19 bits per heavy atom. The van der Waals surface area contributed by atoms with E-state index >= 15 is 0 Å². The smallest absolute Gasteiger partial charge is 0.397 e. The van der Waals surface area contributed by atoms with Crippen molar-refractivity contribution in [3.05, 3.63) is 0 Å². The highest BCUT2D eigenvalue weighted by molar-refractivity contribution is 7.80. The van der Waals surface area contributed by atoms with Crippen LogP contribution in [0.25, 0.3) is 0 Å². The molecule has 6 nitrogen and oxygen atoms in total. The molecule has 7 heteroatoms. The Morgan fingerprint density at radius 1 is 0.489 bits per heavy atom. The predicted molar refractivity (Wildman–Crippen MR) is 202 cm³/mol. The second-order valence-corrected chi connectivity index (χ2v) is 15.1. The van der Waals surface area contributed by atoms with E-state index in [1.54, 1.807) is 0 Å². The molecule has 284 valence electrons. The highest BCUT2D eigenvalue weighted by atomic mass is 32.3. The molecule has 1 N–H and O–H groups in total. The number of carbonyl (C=O) groups is 1. The second-order valence-electron chi connectivity index (χ2n) is 14.0. The van der Waals surface area contributed by atoms with Gasteiger partial charge in [0.1, 0.15) is 0 Å². The van der Waals surface area contributed by atoms with E-state index in [2.05, 4.69) is 31.9 Å². The Hall–Kier alpha value is -0.660. The zero-order valence-corrected chi connectivity index (χ0v) is 32.8. The van der Waals surface area contributed by atoms with Crippen molar-refractivity contribution in [2.45, 2.75) is 233 Å². The van der Waals surface area contributed by atoms with Crippen LogP contribution in [-0.4, -0.2) is 32.2 Å². The van der Waals surface area contributed by atoms with Crippen LogP contribution >= 0.6 is 0 Å². The third kappa shape index (κ3) is 45.3. The summed E-state index contributed by atoms with van der Waals surface area (Å²) in [7, 11) is -4.23. The maximum absolute atomic E-state index is 12.2. The van der Waals surface area contributed by atoms with Crippen molar-refractivity contribution in [2.75, 3.05) is 13.2 Å². The average Bonchev–Trinajstić information content (AvgIpc) is 3.04. The molecule has 0 aliphatic carbocycles. The van der Waals surface area contributed by atoms with E-state index in [9.17, 15) is 13.2 Å². The van der Waals surface area contributed by atoms with Crippen molar-refractivity contribution in [2.24, 2.45) is 5.92 Å². The van der Waals surface area contributed by atoms with Crippen LogP contribution in [0.5, 0.6) is 0 Å². The van der Waals surface area contributed by atoms with E-state index in [4.69, 9.17) is 9.29 Å². The number of esters is 1. The molecule has 0 rings (SSSR count). The molecule has 47 heavy (non-hydrogen) atoms. The summed E-state index contributed by atoms with van der Waals surface area (Å²) in [5, 5.41) is 0. The maximum atomic E-state index is 12.2. The Kier molecular flexibility index (Phi) is 41.0. The fourth-order valence-corrected chi connectivity index (χ4v) is 6.33. The van der Waals surface area contributed by atoms with Gasteiger partial charge in [0.25, 0.3) is 0 Å². The summed E-state index contributed by atoms with van der Waals surface area (Å²) >= 11 is 0. The van der Waals surface area contributed by atoms with Crippen molar-refractivity contribution in [3.8, 4) is 0 Å². The normalized spacial score (nSPS) is 12.1. The number of unbranched alkanes of at least 4 members (excludes halogenated alkanes) is 25. The lowest BCUT2D eigenvalue weighted by molar-refractivity contribution is -0.145. The van der Waals surface area contributed by atoms with Gasteiger partial charge in [0.05, 0.1) is 13.2 Å². The van der Waals surface area contributed by atoms with Crippen LogP contribution in [0.3, 0.4) is 0 Å². The monoisotopic (exact) mass is 691 g/mol. The second kappa shape index (κ2) is 39.8. The lowest BCUT2D eigenvalue weighted by Gasteiger charge is -2.17. The predicted octanol–water partition coefficient (Wildman–Crippen LogP) is 13.5. The lowest BCUT2D eigenvalue weighted by Crippen LogP contribution is -2.14. The first-order valence-corrected chi connectivity index (χ1v) is 21.9. The molecule has 0 aromatic heterocycles. The summed E-state index contributed by atoms with van der Waals surface area (Å²) in [6.45, 7) is 9.78. The molecule has 0 aliphatic rings. The molecule has 0 radical (unpaired) electrons. The number of rotatable bonds is 36. The van der Waals surface area contributed by atoms with Gasteiger partial charge in [-0.2, -0.15) is 8.42 Å². The standard InChI is InChI=1S/C28H56O2.C12H26O4S/c1-4-7-10-13-15-16-17-19-22-25-28(29)30-26-27(23-20-12-9-6-3)24-21-18-14-11-8-5-2;1-2-3-4-5-6-7-8-9-10-11-12-16-17(13,14)15/h27H,4-26H2,1-3H3;2-12H2,1H3,(H,13,14,15). The third-order valence-electron chi connectivity index (χ3n) is 9.13. The van der Waals surface area contributed by atoms with Crippen molar-refractivity contribution >= 4 is 16.4 Å². The molecule has 0 spiro atoms. The van der Waals surface area contributed by atoms with Crippen LogP contribution in [-0.2, 0) is 24.1 Å². The molecule has 0 saturated carbocycles. The first kappa shape index (κ1) is 48.5. The van der Waals surface area contributed by atoms with Crippen molar-refractivity contribution in [1.82, 2.24) is 0 Å². The van der Waals surface area contributed by atoms with Crippen LogP contribution in [0.2, 0.25) is 0 Å². The van der Waals surface area contributed by atoms with Crippen molar-refractivity contribution in [3.63, 3.8) is 0 Å². The van der Waals surface area contributed by atoms with E-state index in [0.29, 0.717) is 25.4 Å². The number of carbonyl (C=O) groups excluding carboxylic acids is 1. The Bertz CT molecular complexity index is 712. The van der Waals surface area contributed by atoms with Crippen LogP contribution in [0, 0.1) is 5.92 Å². The molecular formula is C40H82O6S. The molecule has 0 aliphatic heterocycles. The Labute approximate surface area is 294 Å². The molecule has 0 aromatic rings. The van der Waals surface area contributed by atoms with Gasteiger partial charge in [-0.1, -0.05) is 201 Å². The van der Waals surface area contributed by atoms with Crippen LogP contribution in [0.1, 0.15) is 233 Å². The van der Waals surface area contributed by atoms with E-state index in [-0.39, 0.29) is 12.6 Å². The molecule has 0 heterocycles. The zero-order chi connectivity index (χ0) is 35.1. The summed E-state index contributed by atoms with van der Waals surface area (Å²) in [6.07, 6.45) is 39.9. The topological polar surface area (TPSA) is 89.9 Å². The molecular weight excluding hydrogens is 609 g/mol. The summed E-state index contributed by atoms with van der Waals surface area (Å²) in [5.74, 6) is 0.625. The van der Waals surface area contributed by atoms with Gasteiger partial charge in [-0.3, -0.25) is 9.35 Å². The van der Waals surface area contributed by atoms with Crippen molar-refractivity contribution in [1.29, 1.82) is 0 Å². The van der Waals surface area contributed by atoms with Gasteiger partial charge in [0.2, 0.25) is 0 Å². The molecule has 0 amide bonds. The third-order valence-corrected chi connectivity index (χ3v) is 9.59. The molecule has 0 aromatic carbocycles. The minimum Gasteiger partial charge on any atom is -0.465 e. The minimum atomic E-state index is -4.23. The summed E-state index contributed by atoms with van der Waals surface area (Å²) in [4.78, 5) is 12.2. The van der Waals surface area contributed by atoms with Gasteiger partial charge in [-0.05, 0) is 31.6 Å². The fraction of sp³-hybridized carbons (Fsp3) is 0.975. The van der Waals surface area contributed by atoms with Gasteiger partial charge >= 0.3 is 16.4 Å². The lowest BCUT2D eigenvalue weighted by atomic mass is 9.95. The van der Waals surface area contributed by atoms with Crippen molar-refractivity contribution < 1.29 is 26.7 Å². The van der Waals surface area contributed by atoms with Crippen LogP contribution < -0.4 is 0 Å². The quantitative estimate of drug-likeness (QED) is 0.0400. The first-order valence-electron chi connectivity index (χ1n) is 20.6. The number of hydrogen-bond donors (Lipinski definition) is 1. The molecule has 1 unspecified atom stereocenters. The van der Waals surface area contributed by atoms with E-state index in [1.165, 1.54) is 173 Å². The largest absolute Gasteiger partial charge is 0.465 e. The maximum Gasteiger partial charge on any atom is 0.397 e. The number of hydrogen-bond acceptors (Lipinski definition) is 5. The van der Waals surface area contributed by atoms with Gasteiger partial charge in [0.15, 0.2) is 0 Å². The fourth-order valence-electron chi connectivity index (χ4n) is 6.00. The van der Waals surface area contributed by atoms with Gasteiger partial charge in [-0.25, -0.2) is 4.18 Å². The minimum absolute atomic E-state index is 0.0412. The first-order chi connectivity index (χ1) is 22.8. The number of ether oxygens (including phenoxy) is 1. The van der Waals surface area contributed by atoms with Gasteiger partial charge in [0, 0.05) is 6.42 Å². The van der Waals surface area contributed by atoms with Gasteiger partial charge in [-0.15, -0.1) is 0 Å². The molecule has 1 atom stereocenters. The Morgan fingerprint density at radius 2 is 0.809 bits per heavy atom. The molecule has 0 bridgehead atoms. The van der Waals surface area contributed by atoms with Crippen LogP contribution in [0.4, 0.5) is 0 Å². The Balaban J connectivity index is 0. The van der Waals surface area contributed by atoms with E-state index in [1.807, 2.05) is 0 Å². The summed E-state index contributed by atoms with van der Waals surface area (Å²) in [6, 6.07) is 0. The highest BCUT2D eigenvalue weighted by Crippen LogP contribution is 2.20. The zero-order valence-electron chi connectivity index (χ0n) is 32.0. The highest BCUT2D eigenvalue weighted by Gasteiger charge is 2.12. The molecule has 0 saturated heterocycles. The van der Waals surface area contributed by atoms with Gasteiger partial charge < -0.3 is 4.74 Å².